The first-order valence-electron chi connectivity index (χ1n) is 15.0. The summed E-state index contributed by atoms with van der Waals surface area (Å²) in [5, 5.41) is 0.838. The van der Waals surface area contributed by atoms with Gasteiger partial charge in [0.05, 0.1) is 35.9 Å². The van der Waals surface area contributed by atoms with E-state index in [4.69, 9.17) is 16.3 Å². The number of pyridine rings is 1. The molecule has 2 aromatic carbocycles. The molecule has 44 heavy (non-hydrogen) atoms. The molecule has 234 valence electrons. The van der Waals surface area contributed by atoms with E-state index in [-0.39, 0.29) is 34.7 Å². The second-order valence-electron chi connectivity index (χ2n) is 11.6. The number of alkyl halides is 3. The van der Waals surface area contributed by atoms with Crippen molar-refractivity contribution in [1.82, 2.24) is 19.7 Å². The van der Waals surface area contributed by atoms with Crippen LogP contribution in [0.3, 0.4) is 0 Å². The summed E-state index contributed by atoms with van der Waals surface area (Å²) < 4.78 is 48.6. The van der Waals surface area contributed by atoms with Crippen molar-refractivity contribution in [2.24, 2.45) is 5.92 Å². The molecule has 0 aliphatic carbocycles. The molecule has 12 heteroatoms. The molecule has 3 fully saturated rings. The molecule has 1 atom stereocenters. The third kappa shape index (κ3) is 6.95. The predicted molar refractivity (Wildman–Crippen MR) is 159 cm³/mol. The molecule has 3 aromatic rings. The molecule has 6 rings (SSSR count). The van der Waals surface area contributed by atoms with Gasteiger partial charge in [-0.3, -0.25) is 14.5 Å². The number of halogens is 4. The lowest BCUT2D eigenvalue weighted by molar-refractivity contribution is -0.274. The Labute approximate surface area is 258 Å². The van der Waals surface area contributed by atoms with E-state index in [1.807, 2.05) is 4.90 Å². The maximum Gasteiger partial charge on any atom is 0.573 e. The molecule has 0 N–H and O–H groups in total. The second-order valence-corrected chi connectivity index (χ2v) is 12.0. The fraction of sp³-hybridized carbons (Fsp3) is 0.469. The van der Waals surface area contributed by atoms with Crippen LogP contribution < -0.4 is 4.74 Å². The minimum absolute atomic E-state index is 0.0240. The average molecular weight is 631 g/mol. The van der Waals surface area contributed by atoms with Gasteiger partial charge in [-0.2, -0.15) is 0 Å². The molecule has 2 amide bonds. The number of carbonyl (C=O) groups excluding carboxylic acids is 2. The van der Waals surface area contributed by atoms with Crippen LogP contribution >= 0.6 is 11.6 Å². The number of morpholine rings is 1. The summed E-state index contributed by atoms with van der Waals surface area (Å²) >= 11 is 6.06. The summed E-state index contributed by atoms with van der Waals surface area (Å²) in [6.45, 7) is 5.09. The molecule has 0 unspecified atom stereocenters. The number of benzene rings is 2. The zero-order valence-electron chi connectivity index (χ0n) is 24.2. The predicted octanol–water partition coefficient (Wildman–Crippen LogP) is 5.63. The van der Waals surface area contributed by atoms with Crippen molar-refractivity contribution in [3.05, 3.63) is 59.1 Å². The van der Waals surface area contributed by atoms with Crippen LogP contribution in [0.4, 0.5) is 13.2 Å². The number of amides is 2. The number of aromatic nitrogens is 1. The van der Waals surface area contributed by atoms with Crippen molar-refractivity contribution in [3.8, 4) is 17.0 Å². The topological polar surface area (TPSA) is 75.2 Å². The number of hydrogen-bond donors (Lipinski definition) is 0. The Balaban J connectivity index is 1.19. The van der Waals surface area contributed by atoms with E-state index in [2.05, 4.69) is 14.6 Å². The first-order valence-corrected chi connectivity index (χ1v) is 15.4. The van der Waals surface area contributed by atoms with Crippen molar-refractivity contribution < 1.29 is 32.2 Å². The van der Waals surface area contributed by atoms with E-state index in [1.165, 1.54) is 18.2 Å². The van der Waals surface area contributed by atoms with Crippen molar-refractivity contribution >= 4 is 34.3 Å². The molecule has 0 bridgehead atoms. The lowest BCUT2D eigenvalue weighted by atomic mass is 9.92. The number of ether oxygens (including phenoxy) is 2. The summed E-state index contributed by atoms with van der Waals surface area (Å²) in [5.74, 6) is -0.496. The van der Waals surface area contributed by atoms with Crippen LogP contribution in [0.5, 0.6) is 5.75 Å². The first-order chi connectivity index (χ1) is 21.1. The minimum atomic E-state index is -4.86. The third-order valence-corrected chi connectivity index (χ3v) is 9.03. The monoisotopic (exact) mass is 630 g/mol. The Morgan fingerprint density at radius 1 is 0.909 bits per heavy atom. The van der Waals surface area contributed by atoms with Crippen LogP contribution in [0.1, 0.15) is 36.0 Å². The molecule has 0 spiro atoms. The molecule has 4 heterocycles. The average Bonchev–Trinajstić information content (AvgIpc) is 3.04. The van der Waals surface area contributed by atoms with E-state index in [0.29, 0.717) is 55.6 Å². The zero-order chi connectivity index (χ0) is 30.8. The molecule has 8 nitrogen and oxygen atoms in total. The number of carbonyl (C=O) groups is 2. The fourth-order valence-electron chi connectivity index (χ4n) is 6.53. The minimum Gasteiger partial charge on any atom is -0.406 e. The van der Waals surface area contributed by atoms with E-state index < -0.39 is 12.1 Å². The summed E-state index contributed by atoms with van der Waals surface area (Å²) in [7, 11) is 0. The number of fused-ring (bicyclic) bond motifs is 1. The van der Waals surface area contributed by atoms with Crippen molar-refractivity contribution in [2.75, 3.05) is 52.5 Å². The lowest BCUT2D eigenvalue weighted by Crippen LogP contribution is -2.53. The third-order valence-electron chi connectivity index (χ3n) is 8.78. The van der Waals surface area contributed by atoms with Gasteiger partial charge in [-0.25, -0.2) is 4.98 Å². The Morgan fingerprint density at radius 2 is 1.64 bits per heavy atom. The van der Waals surface area contributed by atoms with Crippen molar-refractivity contribution in [1.29, 1.82) is 0 Å². The molecule has 3 saturated heterocycles. The summed E-state index contributed by atoms with van der Waals surface area (Å²) in [6, 6.07) is 12.7. The highest BCUT2D eigenvalue weighted by atomic mass is 35.5. The van der Waals surface area contributed by atoms with Gasteiger partial charge >= 0.3 is 6.36 Å². The number of likely N-dealkylation sites (tertiary alicyclic amines) is 2. The van der Waals surface area contributed by atoms with Gasteiger partial charge in [-0.05, 0) is 68.6 Å². The summed E-state index contributed by atoms with van der Waals surface area (Å²) in [4.78, 5) is 37.8. The highest BCUT2D eigenvalue weighted by molar-refractivity contribution is 6.30. The van der Waals surface area contributed by atoms with Gasteiger partial charge in [-0.15, -0.1) is 13.2 Å². The maximum absolute atomic E-state index is 14.0. The van der Waals surface area contributed by atoms with E-state index >= 15 is 0 Å². The standard InChI is InChI=1S/C32H34ClF3N4O4/c33-23-5-3-21(4-6-23)29-19-27(26-18-25(44-32(34,35)36)7-8-28(26)37-29)31(42)38-12-9-24(10-13-38)40-11-1-2-22(20-40)30(41)39-14-16-43-17-15-39/h3-8,18-19,22,24H,1-2,9-17,20H2/t22-/m1/s1. The van der Waals surface area contributed by atoms with Crippen LogP contribution in [0.2, 0.25) is 5.02 Å². The molecule has 3 aliphatic rings. The lowest BCUT2D eigenvalue weighted by Gasteiger charge is -2.43. The molecule has 1 aromatic heterocycles. The Hall–Kier alpha value is -3.41. The van der Waals surface area contributed by atoms with Crippen LogP contribution in [0.25, 0.3) is 22.2 Å². The smallest absolute Gasteiger partial charge is 0.406 e. The summed E-state index contributed by atoms with van der Waals surface area (Å²) in [6.07, 6.45) is -1.52. The largest absolute Gasteiger partial charge is 0.573 e. The molecular formula is C32H34ClF3N4O4. The SMILES string of the molecule is O=C(c1cc(-c2ccc(Cl)cc2)nc2ccc(OC(F)(F)F)cc12)N1CCC(N2CCC[C@@H](C(=O)N3CCOCC3)C2)CC1. The van der Waals surface area contributed by atoms with Gasteiger partial charge in [0.1, 0.15) is 5.75 Å². The normalized spacial score (nSPS) is 20.6. The number of nitrogens with zero attached hydrogens (tertiary/aromatic N) is 4. The van der Waals surface area contributed by atoms with Crippen LogP contribution in [-0.4, -0.2) is 96.4 Å². The van der Waals surface area contributed by atoms with E-state index in [0.717, 1.165) is 44.3 Å². The molecule has 0 radical (unpaired) electrons. The quantitative estimate of drug-likeness (QED) is 0.364. The van der Waals surface area contributed by atoms with Gasteiger partial charge in [0.25, 0.3) is 5.91 Å². The van der Waals surface area contributed by atoms with Crippen molar-refractivity contribution in [3.63, 3.8) is 0 Å². The molecule has 0 saturated carbocycles. The Morgan fingerprint density at radius 3 is 2.34 bits per heavy atom. The number of hydrogen-bond acceptors (Lipinski definition) is 6. The highest BCUT2D eigenvalue weighted by Crippen LogP contribution is 2.33. The Kier molecular flexibility index (Phi) is 8.98. The van der Waals surface area contributed by atoms with Gasteiger partial charge in [0, 0.05) is 54.7 Å². The van der Waals surface area contributed by atoms with Crippen LogP contribution in [-0.2, 0) is 9.53 Å². The van der Waals surface area contributed by atoms with E-state index in [9.17, 15) is 22.8 Å². The van der Waals surface area contributed by atoms with Gasteiger partial charge in [-0.1, -0.05) is 23.7 Å². The fourth-order valence-corrected chi connectivity index (χ4v) is 6.66. The van der Waals surface area contributed by atoms with E-state index in [1.54, 1.807) is 35.2 Å². The zero-order valence-corrected chi connectivity index (χ0v) is 24.9. The van der Waals surface area contributed by atoms with Gasteiger partial charge < -0.3 is 19.3 Å². The van der Waals surface area contributed by atoms with Gasteiger partial charge in [0.2, 0.25) is 5.91 Å². The molecule has 3 aliphatic heterocycles. The summed E-state index contributed by atoms with van der Waals surface area (Å²) in [5.41, 5.74) is 1.89. The maximum atomic E-state index is 14.0. The first kappa shape index (κ1) is 30.6. The number of piperidine rings is 2. The number of rotatable bonds is 5. The van der Waals surface area contributed by atoms with Crippen LogP contribution in [0, 0.1) is 5.92 Å². The second kappa shape index (κ2) is 12.9. The van der Waals surface area contributed by atoms with Gasteiger partial charge in [0.15, 0.2) is 0 Å². The van der Waals surface area contributed by atoms with Crippen molar-refractivity contribution in [2.45, 2.75) is 38.1 Å². The van der Waals surface area contributed by atoms with Crippen LogP contribution in [0.15, 0.2) is 48.5 Å². The Bertz CT molecular complexity index is 1510. The molecular weight excluding hydrogens is 597 g/mol. The highest BCUT2D eigenvalue weighted by Gasteiger charge is 2.35.